The van der Waals surface area contributed by atoms with Crippen LogP contribution < -0.4 is 5.32 Å². The van der Waals surface area contributed by atoms with Crippen LogP contribution in [0.1, 0.15) is 49.3 Å². The van der Waals surface area contributed by atoms with E-state index in [1.54, 1.807) is 12.1 Å². The van der Waals surface area contributed by atoms with Gasteiger partial charge in [-0.2, -0.15) is 0 Å². The predicted molar refractivity (Wildman–Crippen MR) is 112 cm³/mol. The summed E-state index contributed by atoms with van der Waals surface area (Å²) in [6, 6.07) is 5.36. The molecular weight excluding hydrogens is 411 g/mol. The zero-order valence-electron chi connectivity index (χ0n) is 16.4. The quantitative estimate of drug-likeness (QED) is 0.774. The number of nitrogens with zero attached hydrogens (tertiary/aromatic N) is 3. The van der Waals surface area contributed by atoms with E-state index >= 15 is 0 Å². The molecule has 8 heteroatoms. The molecule has 0 saturated carbocycles. The minimum atomic E-state index is -0.693. The number of hydrogen-bond acceptors (Lipinski definition) is 4. The topological polar surface area (TPSA) is 69.0 Å². The molecule has 2 aromatic rings. The molecule has 1 aromatic heterocycles. The summed E-state index contributed by atoms with van der Waals surface area (Å²) in [5.74, 6) is 2.01. The van der Waals surface area contributed by atoms with Crippen LogP contribution in [-0.4, -0.2) is 40.4 Å². The van der Waals surface area contributed by atoms with Gasteiger partial charge in [-0.05, 0) is 43.4 Å². The maximum atomic E-state index is 13.3. The minimum Gasteiger partial charge on any atom is -0.381 e. The molecule has 3 heterocycles. The Kier molecular flexibility index (Phi) is 6.42. The van der Waals surface area contributed by atoms with E-state index in [4.69, 9.17) is 27.9 Å². The molecule has 0 atom stereocenters. The lowest BCUT2D eigenvalue weighted by Crippen LogP contribution is -2.48. The van der Waals surface area contributed by atoms with Crippen LogP contribution in [0.4, 0.5) is 0 Å². The fraction of sp³-hybridized carbons (Fsp3) is 0.571. The molecule has 1 amide bonds. The van der Waals surface area contributed by atoms with Crippen molar-refractivity contribution in [3.05, 3.63) is 45.5 Å². The van der Waals surface area contributed by atoms with E-state index in [9.17, 15) is 4.79 Å². The number of halogens is 2. The van der Waals surface area contributed by atoms with Gasteiger partial charge in [0.15, 0.2) is 0 Å². The van der Waals surface area contributed by atoms with Crippen molar-refractivity contribution in [3.8, 4) is 0 Å². The van der Waals surface area contributed by atoms with Gasteiger partial charge in [-0.15, -0.1) is 10.2 Å². The molecule has 1 N–H and O–H groups in total. The summed E-state index contributed by atoms with van der Waals surface area (Å²) in [6.45, 7) is 2.55. The first-order valence-corrected chi connectivity index (χ1v) is 11.1. The van der Waals surface area contributed by atoms with Gasteiger partial charge in [0.1, 0.15) is 11.6 Å². The Morgan fingerprint density at radius 1 is 1.17 bits per heavy atom. The molecule has 0 aliphatic carbocycles. The van der Waals surface area contributed by atoms with E-state index in [0.717, 1.165) is 36.6 Å². The standard InChI is InChI=1S/C21H26Cl2N4O2/c22-15-5-6-16(17(23)14-15)21(8-12-29-13-9-21)20(28)24-10-7-19-26-25-18-4-2-1-3-11-27(18)19/h5-6,14H,1-4,7-13H2,(H,24,28). The highest BCUT2D eigenvalue weighted by molar-refractivity contribution is 6.35. The Bertz CT molecular complexity index is 878. The highest BCUT2D eigenvalue weighted by Crippen LogP contribution is 2.39. The maximum absolute atomic E-state index is 13.3. The van der Waals surface area contributed by atoms with Gasteiger partial charge < -0.3 is 14.6 Å². The van der Waals surface area contributed by atoms with Gasteiger partial charge in [-0.3, -0.25) is 4.79 Å². The van der Waals surface area contributed by atoms with Crippen molar-refractivity contribution in [1.82, 2.24) is 20.1 Å². The number of carbonyl (C=O) groups is 1. The third-order valence-corrected chi connectivity index (χ3v) is 6.60. The molecule has 6 nitrogen and oxygen atoms in total. The Labute approximate surface area is 180 Å². The lowest BCUT2D eigenvalue weighted by molar-refractivity contribution is -0.130. The van der Waals surface area contributed by atoms with Gasteiger partial charge >= 0.3 is 0 Å². The minimum absolute atomic E-state index is 0.0133. The molecule has 0 unspecified atom stereocenters. The van der Waals surface area contributed by atoms with E-state index < -0.39 is 5.41 Å². The van der Waals surface area contributed by atoms with Crippen molar-refractivity contribution in [3.63, 3.8) is 0 Å². The SMILES string of the molecule is O=C(NCCc1nnc2n1CCCCC2)C1(c2ccc(Cl)cc2Cl)CCOCC1. The van der Waals surface area contributed by atoms with Crippen molar-refractivity contribution in [1.29, 1.82) is 0 Å². The lowest BCUT2D eigenvalue weighted by atomic mass is 9.73. The highest BCUT2D eigenvalue weighted by atomic mass is 35.5. The van der Waals surface area contributed by atoms with E-state index in [-0.39, 0.29) is 5.91 Å². The molecule has 156 valence electrons. The third-order valence-electron chi connectivity index (χ3n) is 6.05. The second-order valence-corrected chi connectivity index (χ2v) is 8.66. The van der Waals surface area contributed by atoms with Crippen LogP contribution in [0.15, 0.2) is 18.2 Å². The van der Waals surface area contributed by atoms with Gasteiger partial charge in [0, 0.05) is 49.2 Å². The lowest BCUT2D eigenvalue weighted by Gasteiger charge is -2.36. The van der Waals surface area contributed by atoms with Gasteiger partial charge in [-0.25, -0.2) is 0 Å². The average molecular weight is 437 g/mol. The van der Waals surface area contributed by atoms with Crippen LogP contribution in [-0.2, 0) is 34.3 Å². The Hall–Kier alpha value is -1.63. The summed E-state index contributed by atoms with van der Waals surface area (Å²) in [5.41, 5.74) is 0.127. The fourth-order valence-corrected chi connectivity index (χ4v) is 4.99. The number of amides is 1. The normalized spacial score (nSPS) is 18.7. The van der Waals surface area contributed by atoms with Crippen LogP contribution in [0.3, 0.4) is 0 Å². The first kappa shape index (κ1) is 20.6. The van der Waals surface area contributed by atoms with Crippen LogP contribution in [0.2, 0.25) is 10.0 Å². The summed E-state index contributed by atoms with van der Waals surface area (Å²) in [6.07, 6.45) is 6.40. The Balaban J connectivity index is 1.47. The van der Waals surface area contributed by atoms with Crippen LogP contribution in [0.25, 0.3) is 0 Å². The number of benzene rings is 1. The number of hydrogen-bond donors (Lipinski definition) is 1. The molecule has 4 rings (SSSR count). The maximum Gasteiger partial charge on any atom is 0.230 e. The largest absolute Gasteiger partial charge is 0.381 e. The smallest absolute Gasteiger partial charge is 0.230 e. The number of aryl methyl sites for hydroxylation is 1. The third kappa shape index (κ3) is 4.30. The molecule has 1 saturated heterocycles. The molecule has 0 spiro atoms. The first-order valence-electron chi connectivity index (χ1n) is 10.3. The van der Waals surface area contributed by atoms with Crippen LogP contribution in [0, 0.1) is 0 Å². The van der Waals surface area contributed by atoms with Crippen molar-refractivity contribution in [2.75, 3.05) is 19.8 Å². The van der Waals surface area contributed by atoms with Crippen molar-refractivity contribution < 1.29 is 9.53 Å². The molecule has 1 aromatic carbocycles. The molecule has 0 bridgehead atoms. The summed E-state index contributed by atoms with van der Waals surface area (Å²) < 4.78 is 7.75. The monoisotopic (exact) mass is 436 g/mol. The van der Waals surface area contributed by atoms with E-state index in [0.29, 0.717) is 49.1 Å². The summed E-state index contributed by atoms with van der Waals surface area (Å²) in [5, 5.41) is 12.9. The molecule has 29 heavy (non-hydrogen) atoms. The second kappa shape index (κ2) is 9.02. The fourth-order valence-electron chi connectivity index (χ4n) is 4.40. The predicted octanol–water partition coefficient (Wildman–Crippen LogP) is 3.72. The average Bonchev–Trinajstić information content (AvgIpc) is 2.94. The van der Waals surface area contributed by atoms with Gasteiger partial charge in [0.25, 0.3) is 0 Å². The zero-order chi connectivity index (χ0) is 20.3. The molecule has 1 fully saturated rings. The van der Waals surface area contributed by atoms with Gasteiger partial charge in [0.05, 0.1) is 5.41 Å². The second-order valence-electron chi connectivity index (χ2n) is 7.82. The van der Waals surface area contributed by atoms with Crippen LogP contribution in [0.5, 0.6) is 0 Å². The summed E-state index contributed by atoms with van der Waals surface area (Å²) >= 11 is 12.5. The van der Waals surface area contributed by atoms with Crippen LogP contribution >= 0.6 is 23.2 Å². The molecule has 2 aliphatic heterocycles. The summed E-state index contributed by atoms with van der Waals surface area (Å²) in [4.78, 5) is 13.3. The number of nitrogens with one attached hydrogen (secondary N) is 1. The number of fused-ring (bicyclic) bond motifs is 1. The zero-order valence-corrected chi connectivity index (χ0v) is 17.9. The van der Waals surface area contributed by atoms with Gasteiger partial charge in [-0.1, -0.05) is 35.7 Å². The van der Waals surface area contributed by atoms with Crippen molar-refractivity contribution in [2.24, 2.45) is 0 Å². The highest BCUT2D eigenvalue weighted by Gasteiger charge is 2.42. The first-order chi connectivity index (χ1) is 14.1. The van der Waals surface area contributed by atoms with E-state index in [1.807, 2.05) is 6.07 Å². The molecular formula is C21H26Cl2N4O2. The van der Waals surface area contributed by atoms with E-state index in [1.165, 1.54) is 12.8 Å². The number of aromatic nitrogens is 3. The Morgan fingerprint density at radius 3 is 2.79 bits per heavy atom. The molecule has 0 radical (unpaired) electrons. The van der Waals surface area contributed by atoms with Crippen molar-refractivity contribution >= 4 is 29.1 Å². The van der Waals surface area contributed by atoms with E-state index in [2.05, 4.69) is 20.1 Å². The number of carbonyl (C=O) groups excluding carboxylic acids is 1. The number of rotatable bonds is 5. The van der Waals surface area contributed by atoms with Crippen molar-refractivity contribution in [2.45, 2.75) is 56.9 Å². The van der Waals surface area contributed by atoms with Gasteiger partial charge in [0.2, 0.25) is 5.91 Å². The summed E-state index contributed by atoms with van der Waals surface area (Å²) in [7, 11) is 0. The molecule has 2 aliphatic rings. The Morgan fingerprint density at radius 2 is 2.00 bits per heavy atom. The number of ether oxygens (including phenoxy) is 1.